The number of benzene rings is 1. The van der Waals surface area contributed by atoms with E-state index in [1.807, 2.05) is 0 Å². The molecule has 0 saturated carbocycles. The van der Waals surface area contributed by atoms with Gasteiger partial charge in [-0.25, -0.2) is 0 Å². The maximum atomic E-state index is 13.2. The number of aliphatic hydroxyl groups is 1. The molecule has 1 aromatic rings. The van der Waals surface area contributed by atoms with E-state index in [0.717, 1.165) is 12.1 Å². The molecule has 0 amide bonds. The topological polar surface area (TPSA) is 40.5 Å². The molecule has 0 aliphatic heterocycles. The lowest BCUT2D eigenvalue weighted by Crippen LogP contribution is -2.53. The summed E-state index contributed by atoms with van der Waals surface area (Å²) >= 11 is 0. The molecule has 17 heavy (non-hydrogen) atoms. The molecule has 2 nitrogen and oxygen atoms in total. The summed E-state index contributed by atoms with van der Waals surface area (Å²) in [6.07, 6.45) is -6.20. The third-order valence-corrected chi connectivity index (χ3v) is 2.03. The van der Waals surface area contributed by atoms with E-state index >= 15 is 0 Å². The van der Waals surface area contributed by atoms with E-state index in [-0.39, 0.29) is 0 Å². The number of alkyl halides is 6. The van der Waals surface area contributed by atoms with Gasteiger partial charge in [0.2, 0.25) is 0 Å². The Balaban J connectivity index is 3.34. The molecular formula is C9H6F6O2. The van der Waals surface area contributed by atoms with Gasteiger partial charge in [-0.05, 0) is 12.1 Å². The van der Waals surface area contributed by atoms with Gasteiger partial charge in [0, 0.05) is 0 Å². The first kappa shape index (κ1) is 13.6. The lowest BCUT2D eigenvalue weighted by molar-refractivity contribution is -0.390. The van der Waals surface area contributed by atoms with Gasteiger partial charge in [-0.2, -0.15) is 26.3 Å². The van der Waals surface area contributed by atoms with Crippen molar-refractivity contribution in [1.82, 2.24) is 0 Å². The van der Waals surface area contributed by atoms with Gasteiger partial charge in [0.25, 0.3) is 0 Å². The van der Waals surface area contributed by atoms with Crippen LogP contribution in [0, 0.1) is 0 Å². The first-order chi connectivity index (χ1) is 7.52. The van der Waals surface area contributed by atoms with Gasteiger partial charge in [0.15, 0.2) is 0 Å². The molecule has 1 aromatic carbocycles. The van der Waals surface area contributed by atoms with Crippen LogP contribution < -0.4 is 0 Å². The summed E-state index contributed by atoms with van der Waals surface area (Å²) in [7, 11) is 0. The van der Waals surface area contributed by atoms with Crippen LogP contribution in [0.2, 0.25) is 0 Å². The average molecular weight is 260 g/mol. The van der Waals surface area contributed by atoms with E-state index < -0.39 is 29.3 Å². The molecule has 8 heteroatoms. The highest BCUT2D eigenvalue weighted by atomic mass is 19.4. The lowest BCUT2D eigenvalue weighted by Gasteiger charge is -2.30. The molecule has 0 aromatic heterocycles. The predicted octanol–water partition coefficient (Wildman–Crippen LogP) is 2.70. The van der Waals surface area contributed by atoms with Gasteiger partial charge in [-0.15, -0.1) is 0 Å². The standard InChI is InChI=1S/C9H6F6O2/c10-7(11,8(12,17)9(13,14)15)5-3-1-2-4-6(5)16/h1-4,16-17H. The fraction of sp³-hybridized carbons (Fsp3) is 0.333. The Kier molecular flexibility index (Phi) is 3.04. The number of para-hydroxylation sites is 1. The van der Waals surface area contributed by atoms with Crippen LogP contribution in [0.15, 0.2) is 24.3 Å². The number of hydrogen-bond acceptors (Lipinski definition) is 2. The Hall–Kier alpha value is -1.44. The molecule has 0 aliphatic rings. The minimum Gasteiger partial charge on any atom is -0.507 e. The molecule has 1 unspecified atom stereocenters. The predicted molar refractivity (Wildman–Crippen MR) is 44.1 cm³/mol. The second-order valence-corrected chi connectivity index (χ2v) is 3.21. The van der Waals surface area contributed by atoms with Crippen LogP contribution in [0.4, 0.5) is 26.3 Å². The smallest absolute Gasteiger partial charge is 0.455 e. The van der Waals surface area contributed by atoms with Crippen molar-refractivity contribution < 1.29 is 36.6 Å². The van der Waals surface area contributed by atoms with Crippen molar-refractivity contribution in [2.24, 2.45) is 0 Å². The van der Waals surface area contributed by atoms with Crippen LogP contribution >= 0.6 is 0 Å². The largest absolute Gasteiger partial charge is 0.507 e. The fourth-order valence-corrected chi connectivity index (χ4v) is 1.10. The van der Waals surface area contributed by atoms with Crippen molar-refractivity contribution in [3.63, 3.8) is 0 Å². The number of halogens is 6. The van der Waals surface area contributed by atoms with Crippen LogP contribution in [-0.4, -0.2) is 22.2 Å². The normalized spacial score (nSPS) is 16.6. The van der Waals surface area contributed by atoms with E-state index in [2.05, 4.69) is 0 Å². The zero-order valence-electron chi connectivity index (χ0n) is 7.97. The minimum atomic E-state index is -6.20. The summed E-state index contributed by atoms with van der Waals surface area (Å²) < 4.78 is 75.1. The Labute approximate surface area is 91.1 Å². The van der Waals surface area contributed by atoms with Crippen LogP contribution in [-0.2, 0) is 5.92 Å². The van der Waals surface area contributed by atoms with Crippen molar-refractivity contribution >= 4 is 0 Å². The van der Waals surface area contributed by atoms with Crippen molar-refractivity contribution in [2.45, 2.75) is 18.0 Å². The van der Waals surface area contributed by atoms with E-state index in [4.69, 9.17) is 10.2 Å². The number of phenolic OH excluding ortho intramolecular Hbond substituents is 1. The van der Waals surface area contributed by atoms with E-state index in [1.165, 1.54) is 0 Å². The van der Waals surface area contributed by atoms with E-state index in [9.17, 15) is 26.3 Å². The van der Waals surface area contributed by atoms with Crippen LogP contribution in [0.5, 0.6) is 5.75 Å². The van der Waals surface area contributed by atoms with Crippen LogP contribution in [0.3, 0.4) is 0 Å². The molecule has 0 fully saturated rings. The highest BCUT2D eigenvalue weighted by molar-refractivity contribution is 5.37. The third kappa shape index (κ3) is 2.04. The molecule has 0 spiro atoms. The van der Waals surface area contributed by atoms with Gasteiger partial charge in [-0.3, -0.25) is 0 Å². The molecular weight excluding hydrogens is 254 g/mol. The summed E-state index contributed by atoms with van der Waals surface area (Å²) in [6.45, 7) is 0. The van der Waals surface area contributed by atoms with E-state index in [1.54, 1.807) is 0 Å². The number of rotatable bonds is 2. The van der Waals surface area contributed by atoms with Crippen molar-refractivity contribution in [2.75, 3.05) is 0 Å². The van der Waals surface area contributed by atoms with Gasteiger partial charge < -0.3 is 10.2 Å². The number of hydrogen-bond donors (Lipinski definition) is 2. The van der Waals surface area contributed by atoms with Gasteiger partial charge in [0.1, 0.15) is 5.75 Å². The first-order valence-electron chi connectivity index (χ1n) is 4.16. The lowest BCUT2D eigenvalue weighted by atomic mass is 10.00. The Morgan fingerprint density at radius 3 is 1.76 bits per heavy atom. The van der Waals surface area contributed by atoms with Crippen LogP contribution in [0.1, 0.15) is 5.56 Å². The molecule has 0 aliphatic carbocycles. The molecule has 0 saturated heterocycles. The Morgan fingerprint density at radius 1 is 0.882 bits per heavy atom. The highest BCUT2D eigenvalue weighted by Crippen LogP contribution is 2.50. The Bertz CT molecular complexity index is 412. The maximum absolute atomic E-state index is 13.2. The first-order valence-corrected chi connectivity index (χ1v) is 4.16. The molecule has 2 N–H and O–H groups in total. The SMILES string of the molecule is Oc1ccccc1C(F)(F)C(O)(F)C(F)(F)F. The second kappa shape index (κ2) is 3.80. The molecule has 0 radical (unpaired) electrons. The van der Waals surface area contributed by atoms with Crippen LogP contribution in [0.25, 0.3) is 0 Å². The van der Waals surface area contributed by atoms with Crippen molar-refractivity contribution in [3.8, 4) is 5.75 Å². The second-order valence-electron chi connectivity index (χ2n) is 3.21. The molecule has 1 atom stereocenters. The van der Waals surface area contributed by atoms with Crippen molar-refractivity contribution in [3.05, 3.63) is 29.8 Å². The molecule has 0 heterocycles. The fourth-order valence-electron chi connectivity index (χ4n) is 1.10. The van der Waals surface area contributed by atoms with Crippen molar-refractivity contribution in [1.29, 1.82) is 0 Å². The summed E-state index contributed by atoms with van der Waals surface area (Å²) in [4.78, 5) is 0. The van der Waals surface area contributed by atoms with Gasteiger partial charge in [0.05, 0.1) is 5.56 Å². The zero-order chi connectivity index (χ0) is 13.5. The summed E-state index contributed by atoms with van der Waals surface area (Å²) in [5, 5.41) is 17.3. The molecule has 96 valence electrons. The molecule has 0 bridgehead atoms. The summed E-state index contributed by atoms with van der Waals surface area (Å²) in [6, 6.07) is 2.95. The monoisotopic (exact) mass is 260 g/mol. The summed E-state index contributed by atoms with van der Waals surface area (Å²) in [5.74, 6) is -12.3. The quantitative estimate of drug-likeness (QED) is 0.802. The maximum Gasteiger partial charge on any atom is 0.455 e. The molecule has 1 rings (SSSR count). The number of phenols is 1. The highest BCUT2D eigenvalue weighted by Gasteiger charge is 2.72. The summed E-state index contributed by atoms with van der Waals surface area (Å²) in [5.41, 5.74) is -1.65. The minimum absolute atomic E-state index is 0.381. The zero-order valence-corrected chi connectivity index (χ0v) is 7.97. The Morgan fingerprint density at radius 2 is 1.35 bits per heavy atom. The third-order valence-electron chi connectivity index (χ3n) is 2.03. The van der Waals surface area contributed by atoms with Gasteiger partial charge >= 0.3 is 18.0 Å². The van der Waals surface area contributed by atoms with E-state index in [0.29, 0.717) is 12.1 Å². The average Bonchev–Trinajstić information content (AvgIpc) is 2.16. The van der Waals surface area contributed by atoms with Gasteiger partial charge in [-0.1, -0.05) is 12.1 Å². The number of aromatic hydroxyl groups is 1.